The second kappa shape index (κ2) is 11.4. The Hall–Kier alpha value is -3.61. The van der Waals surface area contributed by atoms with E-state index in [1.54, 1.807) is 35.4 Å². The molecule has 0 aliphatic carbocycles. The van der Waals surface area contributed by atoms with E-state index in [1.807, 2.05) is 12.1 Å². The fraction of sp³-hybridized carbons (Fsp3) is 0.400. The van der Waals surface area contributed by atoms with Gasteiger partial charge in [-0.2, -0.15) is 0 Å². The lowest BCUT2D eigenvalue weighted by molar-refractivity contribution is -0.0000402. The van der Waals surface area contributed by atoms with Crippen LogP contribution >= 0.6 is 12.4 Å². The summed E-state index contributed by atoms with van der Waals surface area (Å²) in [5.74, 6) is -0.452. The van der Waals surface area contributed by atoms with Crippen LogP contribution in [-0.2, 0) is 20.9 Å². The van der Waals surface area contributed by atoms with Crippen LogP contribution < -0.4 is 4.90 Å². The van der Waals surface area contributed by atoms with E-state index in [0.29, 0.717) is 42.0 Å². The third kappa shape index (κ3) is 5.62. The first-order chi connectivity index (χ1) is 18.1. The largest absolute Gasteiger partial charge is 0.442 e. The van der Waals surface area contributed by atoms with Gasteiger partial charge >= 0.3 is 6.09 Å². The number of carbonyl (C=O) groups is 1. The Morgan fingerprint density at radius 3 is 2.68 bits per heavy atom. The highest BCUT2D eigenvalue weighted by molar-refractivity contribution is 5.99. The molecule has 6 rings (SSSR count). The molecule has 2 atom stereocenters. The number of anilines is 1. The highest BCUT2D eigenvalue weighted by Gasteiger charge is 2.33. The zero-order valence-electron chi connectivity index (χ0n) is 20.5. The van der Waals surface area contributed by atoms with E-state index in [4.69, 9.17) is 14.3 Å². The SMILES string of the molecule is Cl.O=C1O[C@@H](Cn2ccnn2)CN1c1ccc(-c2ccc(C3=NO[C@H](CN4CCOCC4)C3)nc2)c(F)c1. The molecule has 3 aromatic rings. The molecular weight excluding hydrogens is 517 g/mol. The third-order valence-electron chi connectivity index (χ3n) is 6.67. The number of carbonyl (C=O) groups excluding carboxylic acids is 1. The van der Waals surface area contributed by atoms with E-state index < -0.39 is 18.0 Å². The Bertz CT molecular complexity index is 1290. The minimum Gasteiger partial charge on any atom is -0.442 e. The quantitative estimate of drug-likeness (QED) is 0.448. The smallest absolute Gasteiger partial charge is 0.414 e. The molecule has 3 aliphatic rings. The van der Waals surface area contributed by atoms with Crippen molar-refractivity contribution >= 4 is 29.9 Å². The van der Waals surface area contributed by atoms with Crippen LogP contribution in [0.25, 0.3) is 11.1 Å². The Kier molecular flexibility index (Phi) is 7.82. The van der Waals surface area contributed by atoms with Crippen molar-refractivity contribution in [2.24, 2.45) is 5.16 Å². The molecule has 0 spiro atoms. The molecule has 2 aromatic heterocycles. The molecule has 1 amide bonds. The van der Waals surface area contributed by atoms with Gasteiger partial charge in [-0.25, -0.2) is 13.9 Å². The molecule has 2 saturated heterocycles. The molecule has 0 N–H and O–H groups in total. The minimum absolute atomic E-state index is 0. The number of ether oxygens (including phenoxy) is 2. The van der Waals surface area contributed by atoms with Gasteiger partial charge in [0.15, 0.2) is 0 Å². The lowest BCUT2D eigenvalue weighted by atomic mass is 10.0. The van der Waals surface area contributed by atoms with E-state index in [0.717, 1.165) is 38.6 Å². The summed E-state index contributed by atoms with van der Waals surface area (Å²) in [6, 6.07) is 8.34. The third-order valence-corrected chi connectivity index (χ3v) is 6.67. The topological polar surface area (TPSA) is 107 Å². The number of pyridine rings is 1. The Morgan fingerprint density at radius 2 is 1.95 bits per heavy atom. The average Bonchev–Trinajstić information content (AvgIpc) is 3.67. The molecule has 3 aliphatic heterocycles. The highest BCUT2D eigenvalue weighted by Crippen LogP contribution is 2.29. The maximum absolute atomic E-state index is 15.1. The summed E-state index contributed by atoms with van der Waals surface area (Å²) in [7, 11) is 0. The number of hydrogen-bond donors (Lipinski definition) is 0. The molecule has 2 fully saturated rings. The zero-order valence-corrected chi connectivity index (χ0v) is 21.3. The van der Waals surface area contributed by atoms with Crippen LogP contribution in [0.2, 0.25) is 0 Å². The van der Waals surface area contributed by atoms with Crippen molar-refractivity contribution in [2.75, 3.05) is 44.3 Å². The van der Waals surface area contributed by atoms with Crippen molar-refractivity contribution in [3.8, 4) is 11.1 Å². The van der Waals surface area contributed by atoms with E-state index in [1.165, 1.54) is 11.0 Å². The van der Waals surface area contributed by atoms with Crippen LogP contribution in [0.5, 0.6) is 0 Å². The molecule has 5 heterocycles. The van der Waals surface area contributed by atoms with Crippen molar-refractivity contribution in [1.29, 1.82) is 0 Å². The lowest BCUT2D eigenvalue weighted by Gasteiger charge is -2.27. The molecular formula is C25H27ClFN7O4. The summed E-state index contributed by atoms with van der Waals surface area (Å²) in [5.41, 5.74) is 2.95. The van der Waals surface area contributed by atoms with E-state index in [-0.39, 0.29) is 18.5 Å². The van der Waals surface area contributed by atoms with E-state index in [9.17, 15) is 4.79 Å². The number of rotatable bonds is 7. The molecule has 200 valence electrons. The van der Waals surface area contributed by atoms with Crippen LogP contribution in [0.15, 0.2) is 54.1 Å². The molecule has 0 radical (unpaired) electrons. The molecule has 1 aromatic carbocycles. The molecule has 0 saturated carbocycles. The number of oxime groups is 1. The Morgan fingerprint density at radius 1 is 1.08 bits per heavy atom. The number of hydrogen-bond acceptors (Lipinski definition) is 9. The predicted octanol–water partition coefficient (Wildman–Crippen LogP) is 2.75. The fourth-order valence-electron chi connectivity index (χ4n) is 4.75. The van der Waals surface area contributed by atoms with Crippen molar-refractivity contribution in [3.63, 3.8) is 0 Å². The molecule has 0 unspecified atom stereocenters. The molecule has 38 heavy (non-hydrogen) atoms. The summed E-state index contributed by atoms with van der Waals surface area (Å²) < 4.78 is 27.5. The van der Waals surface area contributed by atoms with Gasteiger partial charge in [-0.05, 0) is 24.3 Å². The number of aromatic nitrogens is 4. The highest BCUT2D eigenvalue weighted by atomic mass is 35.5. The second-order valence-electron chi connectivity index (χ2n) is 9.22. The maximum Gasteiger partial charge on any atom is 0.414 e. The normalized spacial score (nSPS) is 21.6. The van der Waals surface area contributed by atoms with Crippen molar-refractivity contribution < 1.29 is 23.5 Å². The average molecular weight is 544 g/mol. The predicted molar refractivity (Wildman–Crippen MR) is 138 cm³/mol. The van der Waals surface area contributed by atoms with E-state index >= 15 is 4.39 Å². The standard InChI is InChI=1S/C25H26FN7O4.ClH/c26-22-11-18(33-16-20(36-25(33)34)15-32-6-5-28-30-32)2-3-21(22)17-1-4-23(27-13-17)24-12-19(37-29-24)14-31-7-9-35-10-8-31;/h1-6,11,13,19-20H,7-10,12,14-16H2;1H/t19-,20-;/m0./s1. The van der Waals surface area contributed by atoms with Gasteiger partial charge < -0.3 is 14.3 Å². The summed E-state index contributed by atoms with van der Waals surface area (Å²) >= 11 is 0. The van der Waals surface area contributed by atoms with Crippen molar-refractivity contribution in [3.05, 3.63) is 60.4 Å². The van der Waals surface area contributed by atoms with Crippen LogP contribution in [0.1, 0.15) is 12.1 Å². The number of halogens is 2. The Balaban J connectivity index is 0.00000294. The van der Waals surface area contributed by atoms with Gasteiger partial charge in [-0.15, -0.1) is 17.5 Å². The number of cyclic esters (lactones) is 1. The van der Waals surface area contributed by atoms with Crippen LogP contribution in [0.3, 0.4) is 0 Å². The molecule has 13 heteroatoms. The molecule has 11 nitrogen and oxygen atoms in total. The van der Waals surface area contributed by atoms with Gasteiger partial charge in [0.25, 0.3) is 0 Å². The first-order valence-corrected chi connectivity index (χ1v) is 12.2. The number of nitrogens with zero attached hydrogens (tertiary/aromatic N) is 7. The first kappa shape index (κ1) is 26.0. The number of benzene rings is 1. The summed E-state index contributed by atoms with van der Waals surface area (Å²) in [4.78, 5) is 26.2. The van der Waals surface area contributed by atoms with E-state index in [2.05, 4.69) is 25.4 Å². The second-order valence-corrected chi connectivity index (χ2v) is 9.22. The Labute approximate surface area is 224 Å². The first-order valence-electron chi connectivity index (χ1n) is 12.2. The summed E-state index contributed by atoms with van der Waals surface area (Å²) in [6.07, 6.45) is 4.63. The van der Waals surface area contributed by atoms with Crippen LogP contribution in [0.4, 0.5) is 14.9 Å². The number of amides is 1. The lowest BCUT2D eigenvalue weighted by Crippen LogP contribution is -2.41. The van der Waals surface area contributed by atoms with Gasteiger partial charge in [-0.3, -0.25) is 14.8 Å². The van der Waals surface area contributed by atoms with Crippen molar-refractivity contribution in [1.82, 2.24) is 24.9 Å². The van der Waals surface area contributed by atoms with Crippen LogP contribution in [0, 0.1) is 5.82 Å². The minimum atomic E-state index is -0.519. The van der Waals surface area contributed by atoms with Gasteiger partial charge in [0.05, 0.1) is 43.9 Å². The maximum atomic E-state index is 15.1. The van der Waals surface area contributed by atoms with Gasteiger partial charge in [0.1, 0.15) is 23.7 Å². The molecule has 0 bridgehead atoms. The summed E-state index contributed by atoms with van der Waals surface area (Å²) in [6.45, 7) is 4.76. The number of morpholine rings is 1. The monoisotopic (exact) mass is 543 g/mol. The van der Waals surface area contributed by atoms with Gasteiger partial charge in [-0.1, -0.05) is 16.4 Å². The zero-order chi connectivity index (χ0) is 25.2. The fourth-order valence-corrected chi connectivity index (χ4v) is 4.75. The van der Waals surface area contributed by atoms with Crippen LogP contribution in [-0.4, -0.2) is 88.3 Å². The van der Waals surface area contributed by atoms with Gasteiger partial charge in [0.2, 0.25) is 0 Å². The van der Waals surface area contributed by atoms with Crippen molar-refractivity contribution in [2.45, 2.75) is 25.2 Å². The summed E-state index contributed by atoms with van der Waals surface area (Å²) in [5, 5.41) is 11.9. The van der Waals surface area contributed by atoms with Gasteiger partial charge in [0, 0.05) is 49.6 Å².